The molecule has 2 aromatic carbocycles. The van der Waals surface area contributed by atoms with Crippen molar-refractivity contribution in [2.24, 2.45) is 5.92 Å². The van der Waals surface area contributed by atoms with Gasteiger partial charge < -0.3 is 14.9 Å². The van der Waals surface area contributed by atoms with E-state index in [4.69, 9.17) is 9.57 Å². The van der Waals surface area contributed by atoms with Crippen molar-refractivity contribution in [2.45, 2.75) is 65.4 Å². The van der Waals surface area contributed by atoms with Gasteiger partial charge in [-0.3, -0.25) is 4.79 Å². The second-order valence-corrected chi connectivity index (χ2v) is 9.42. The van der Waals surface area contributed by atoms with E-state index in [0.29, 0.717) is 0 Å². The predicted molar refractivity (Wildman–Crippen MR) is 131 cm³/mol. The molecular formula is C27H36N2O5. The second kappa shape index (κ2) is 13.4. The lowest BCUT2D eigenvalue weighted by Crippen LogP contribution is -2.38. The number of unbranched alkanes of at least 4 members (excludes halogenated alkanes) is 1. The molecule has 0 bridgehead atoms. The van der Waals surface area contributed by atoms with Crippen LogP contribution in [0.15, 0.2) is 54.6 Å². The number of alkyl carbamates (subject to hydrolysis) is 1. The summed E-state index contributed by atoms with van der Waals surface area (Å²) in [5.41, 5.74) is 4.98. The maximum atomic E-state index is 12.1. The average Bonchev–Trinajstić information content (AvgIpc) is 2.79. The van der Waals surface area contributed by atoms with Gasteiger partial charge in [-0.2, -0.15) is 5.48 Å². The van der Waals surface area contributed by atoms with E-state index in [1.807, 2.05) is 30.3 Å². The number of amides is 2. The molecule has 2 aromatic rings. The molecule has 7 nitrogen and oxygen atoms in total. The number of carbonyl (C=O) groups excluding carboxylic acids is 3. The smallest absolute Gasteiger partial charge is 0.407 e. The molecule has 2 amide bonds. The van der Waals surface area contributed by atoms with Crippen LogP contribution in [0.3, 0.4) is 0 Å². The van der Waals surface area contributed by atoms with Crippen LogP contribution in [0.25, 0.3) is 0 Å². The highest BCUT2D eigenvalue weighted by atomic mass is 16.7. The van der Waals surface area contributed by atoms with Crippen LogP contribution in [0, 0.1) is 5.92 Å². The Morgan fingerprint density at radius 1 is 0.853 bits per heavy atom. The zero-order valence-electron chi connectivity index (χ0n) is 20.6. The van der Waals surface area contributed by atoms with E-state index in [0.717, 1.165) is 31.2 Å². The maximum absolute atomic E-state index is 12.1. The minimum Gasteiger partial charge on any atom is -0.444 e. The fourth-order valence-corrected chi connectivity index (χ4v) is 3.19. The highest BCUT2D eigenvalue weighted by molar-refractivity contribution is 5.80. The van der Waals surface area contributed by atoms with Gasteiger partial charge in [-0.05, 0) is 63.1 Å². The number of carbonyl (C=O) groups is 3. The Morgan fingerprint density at radius 3 is 2.00 bits per heavy atom. The lowest BCUT2D eigenvalue weighted by atomic mass is 10.0. The van der Waals surface area contributed by atoms with Crippen LogP contribution in [0.2, 0.25) is 0 Å². The predicted octanol–water partition coefficient (Wildman–Crippen LogP) is 4.53. The molecule has 184 valence electrons. The lowest BCUT2D eigenvalue weighted by Gasteiger charge is -2.20. The molecule has 0 radical (unpaired) electrons. The standard InChI is InChI=1S/C27H36N2O5/c1-20(19-28-26(32)33-27(2,3)4)25(31)34-29-24(30)18-23-16-14-22(15-17-23)13-9-8-12-21-10-6-5-7-11-21/h5-7,10-11,14-17,20H,8-9,12-13,18-19H2,1-4H3,(H,28,32)(H,29,30)/t20-/m0/s1. The fraction of sp³-hybridized carbons (Fsp3) is 0.444. The molecule has 0 aromatic heterocycles. The summed E-state index contributed by atoms with van der Waals surface area (Å²) in [5.74, 6) is -1.71. The number of ether oxygens (including phenoxy) is 1. The van der Waals surface area contributed by atoms with Crippen LogP contribution in [-0.2, 0) is 38.4 Å². The summed E-state index contributed by atoms with van der Waals surface area (Å²) in [6, 6.07) is 18.4. The van der Waals surface area contributed by atoms with Gasteiger partial charge in [0.05, 0.1) is 12.3 Å². The molecule has 0 aliphatic rings. The van der Waals surface area contributed by atoms with Gasteiger partial charge in [-0.1, -0.05) is 61.5 Å². The van der Waals surface area contributed by atoms with E-state index in [9.17, 15) is 14.4 Å². The van der Waals surface area contributed by atoms with Gasteiger partial charge >= 0.3 is 12.1 Å². The zero-order chi connectivity index (χ0) is 25.0. The SMILES string of the molecule is C[C@@H](CNC(=O)OC(C)(C)C)C(=O)ONC(=O)Cc1ccc(CCCCc2ccccc2)cc1. The normalized spacial score (nSPS) is 11.9. The van der Waals surface area contributed by atoms with Crippen molar-refractivity contribution in [1.82, 2.24) is 10.8 Å². The van der Waals surface area contributed by atoms with E-state index >= 15 is 0 Å². The quantitative estimate of drug-likeness (QED) is 0.395. The van der Waals surface area contributed by atoms with Crippen LogP contribution in [0.4, 0.5) is 4.79 Å². The summed E-state index contributed by atoms with van der Waals surface area (Å²) in [4.78, 5) is 40.7. The summed E-state index contributed by atoms with van der Waals surface area (Å²) in [6.45, 7) is 6.88. The molecule has 0 saturated carbocycles. The summed E-state index contributed by atoms with van der Waals surface area (Å²) in [6.07, 6.45) is 3.79. The van der Waals surface area contributed by atoms with E-state index < -0.39 is 29.5 Å². The van der Waals surface area contributed by atoms with E-state index in [-0.39, 0.29) is 13.0 Å². The third-order valence-electron chi connectivity index (χ3n) is 5.03. The molecule has 0 aliphatic carbocycles. The van der Waals surface area contributed by atoms with Gasteiger partial charge in [-0.25, -0.2) is 9.59 Å². The van der Waals surface area contributed by atoms with Crippen LogP contribution in [0.5, 0.6) is 0 Å². The first-order valence-electron chi connectivity index (χ1n) is 11.7. The van der Waals surface area contributed by atoms with Crippen molar-refractivity contribution < 1.29 is 24.0 Å². The van der Waals surface area contributed by atoms with Gasteiger partial charge in [0.2, 0.25) is 0 Å². The molecule has 1 atom stereocenters. The number of benzene rings is 2. The first-order valence-corrected chi connectivity index (χ1v) is 11.7. The van der Waals surface area contributed by atoms with Gasteiger partial charge in [0.15, 0.2) is 0 Å². The third kappa shape index (κ3) is 11.0. The average molecular weight is 469 g/mol. The number of nitrogens with one attached hydrogen (secondary N) is 2. The van der Waals surface area contributed by atoms with Crippen molar-refractivity contribution in [3.05, 3.63) is 71.3 Å². The third-order valence-corrected chi connectivity index (χ3v) is 5.03. The van der Waals surface area contributed by atoms with Crippen molar-refractivity contribution in [1.29, 1.82) is 0 Å². The molecule has 0 saturated heterocycles. The number of hydroxylamine groups is 1. The van der Waals surface area contributed by atoms with Gasteiger partial charge in [0, 0.05) is 6.54 Å². The first-order chi connectivity index (χ1) is 16.1. The molecular weight excluding hydrogens is 432 g/mol. The highest BCUT2D eigenvalue weighted by Crippen LogP contribution is 2.11. The zero-order valence-corrected chi connectivity index (χ0v) is 20.6. The van der Waals surface area contributed by atoms with E-state index in [2.05, 4.69) is 35.1 Å². The van der Waals surface area contributed by atoms with Gasteiger partial charge in [0.25, 0.3) is 5.91 Å². The second-order valence-electron chi connectivity index (χ2n) is 9.42. The lowest BCUT2D eigenvalue weighted by molar-refractivity contribution is -0.161. The van der Waals surface area contributed by atoms with Crippen molar-refractivity contribution in [3.8, 4) is 0 Å². The molecule has 0 heterocycles. The van der Waals surface area contributed by atoms with Crippen LogP contribution >= 0.6 is 0 Å². The molecule has 2 rings (SSSR count). The Balaban J connectivity index is 1.64. The molecule has 0 fully saturated rings. The van der Waals surface area contributed by atoms with Gasteiger partial charge in [-0.15, -0.1) is 0 Å². The van der Waals surface area contributed by atoms with Crippen molar-refractivity contribution in [2.75, 3.05) is 6.54 Å². The topological polar surface area (TPSA) is 93.7 Å². The van der Waals surface area contributed by atoms with Crippen LogP contribution in [-0.4, -0.2) is 30.1 Å². The highest BCUT2D eigenvalue weighted by Gasteiger charge is 2.20. The van der Waals surface area contributed by atoms with Crippen LogP contribution < -0.4 is 10.8 Å². The summed E-state index contributed by atoms with van der Waals surface area (Å²) >= 11 is 0. The number of rotatable bonds is 10. The Morgan fingerprint density at radius 2 is 1.41 bits per heavy atom. The maximum Gasteiger partial charge on any atom is 0.407 e. The summed E-state index contributed by atoms with van der Waals surface area (Å²) < 4.78 is 5.11. The van der Waals surface area contributed by atoms with Crippen molar-refractivity contribution in [3.63, 3.8) is 0 Å². The largest absolute Gasteiger partial charge is 0.444 e. The van der Waals surface area contributed by atoms with E-state index in [1.165, 1.54) is 11.1 Å². The Bertz CT molecular complexity index is 920. The number of aryl methyl sites for hydroxylation is 2. The van der Waals surface area contributed by atoms with Gasteiger partial charge in [0.1, 0.15) is 5.60 Å². The molecule has 0 spiro atoms. The molecule has 2 N–H and O–H groups in total. The van der Waals surface area contributed by atoms with E-state index in [1.54, 1.807) is 27.7 Å². The number of hydrogen-bond acceptors (Lipinski definition) is 5. The summed E-state index contributed by atoms with van der Waals surface area (Å²) in [7, 11) is 0. The first kappa shape index (κ1) is 26.9. The molecule has 0 unspecified atom stereocenters. The Labute approximate surface area is 202 Å². The minimum absolute atomic E-state index is 0.0381. The van der Waals surface area contributed by atoms with Crippen molar-refractivity contribution >= 4 is 18.0 Å². The monoisotopic (exact) mass is 468 g/mol. The summed E-state index contributed by atoms with van der Waals surface area (Å²) in [5, 5.41) is 2.50. The Kier molecular flexibility index (Phi) is 10.6. The molecule has 0 aliphatic heterocycles. The minimum atomic E-state index is -0.644. The number of hydrogen-bond donors (Lipinski definition) is 2. The Hall–Kier alpha value is -3.35. The molecule has 34 heavy (non-hydrogen) atoms. The van der Waals surface area contributed by atoms with Crippen LogP contribution in [0.1, 0.15) is 57.2 Å². The fourth-order valence-electron chi connectivity index (χ4n) is 3.19. The molecule has 7 heteroatoms.